The molecule has 1 heterocycles. The topological polar surface area (TPSA) is 23.5 Å². The highest BCUT2D eigenvalue weighted by Gasteiger charge is 2.35. The average Bonchev–Trinajstić information content (AvgIpc) is 2.49. The summed E-state index contributed by atoms with van der Waals surface area (Å²) in [5.41, 5.74) is 5.18. The van der Waals surface area contributed by atoms with Gasteiger partial charge in [-0.2, -0.15) is 0 Å². The molecule has 0 saturated heterocycles. The molecule has 2 aromatic carbocycles. The lowest BCUT2D eigenvalue weighted by Crippen LogP contribution is -2.39. The van der Waals surface area contributed by atoms with Crippen molar-refractivity contribution in [1.82, 2.24) is 4.90 Å². The minimum atomic E-state index is -0.201. The van der Waals surface area contributed by atoms with E-state index in [9.17, 15) is 9.50 Å². The molecule has 0 unspecified atom stereocenters. The highest BCUT2D eigenvalue weighted by atomic mass is 19.1. The van der Waals surface area contributed by atoms with Crippen molar-refractivity contribution >= 4 is 0 Å². The first-order valence-corrected chi connectivity index (χ1v) is 8.06. The molecule has 0 bridgehead atoms. The Hall–Kier alpha value is -1.87. The van der Waals surface area contributed by atoms with Gasteiger partial charge in [0.1, 0.15) is 11.6 Å². The normalized spacial score (nSPS) is 19.6. The third kappa shape index (κ3) is 1.96. The molecule has 1 aliphatic carbocycles. The zero-order valence-corrected chi connectivity index (χ0v) is 12.8. The van der Waals surface area contributed by atoms with Crippen LogP contribution in [0.3, 0.4) is 0 Å². The van der Waals surface area contributed by atoms with Crippen LogP contribution in [-0.4, -0.2) is 23.1 Å². The second-order valence-electron chi connectivity index (χ2n) is 6.34. The number of fused-ring (bicyclic) bond motifs is 2. The van der Waals surface area contributed by atoms with E-state index in [2.05, 4.69) is 17.9 Å². The highest BCUT2D eigenvalue weighted by molar-refractivity contribution is 5.80. The Balaban J connectivity index is 1.96. The van der Waals surface area contributed by atoms with Crippen LogP contribution in [0.15, 0.2) is 30.3 Å². The minimum Gasteiger partial charge on any atom is -0.507 e. The molecule has 0 aromatic heterocycles. The Morgan fingerprint density at radius 2 is 2.14 bits per heavy atom. The van der Waals surface area contributed by atoms with Gasteiger partial charge in [0.15, 0.2) is 0 Å². The van der Waals surface area contributed by atoms with Crippen molar-refractivity contribution in [2.75, 3.05) is 13.1 Å². The van der Waals surface area contributed by atoms with Gasteiger partial charge in [0.25, 0.3) is 0 Å². The molecule has 2 aromatic rings. The summed E-state index contributed by atoms with van der Waals surface area (Å²) in [4.78, 5) is 2.51. The lowest BCUT2D eigenvalue weighted by Gasteiger charge is -2.41. The second-order valence-corrected chi connectivity index (χ2v) is 6.34. The fourth-order valence-corrected chi connectivity index (χ4v) is 4.15. The molecule has 0 fully saturated rings. The van der Waals surface area contributed by atoms with Gasteiger partial charge in [-0.1, -0.05) is 19.1 Å². The van der Waals surface area contributed by atoms with Crippen molar-refractivity contribution in [2.24, 2.45) is 0 Å². The smallest absolute Gasteiger partial charge is 0.124 e. The highest BCUT2D eigenvalue weighted by Crippen LogP contribution is 2.48. The third-order valence-corrected chi connectivity index (χ3v) is 4.99. The first-order valence-electron chi connectivity index (χ1n) is 8.06. The summed E-state index contributed by atoms with van der Waals surface area (Å²) >= 11 is 0. The van der Waals surface area contributed by atoms with E-state index in [-0.39, 0.29) is 11.6 Å². The molecule has 3 heteroatoms. The van der Waals surface area contributed by atoms with E-state index in [1.807, 2.05) is 6.07 Å². The van der Waals surface area contributed by atoms with Gasteiger partial charge in [-0.3, -0.25) is 4.90 Å². The van der Waals surface area contributed by atoms with Crippen LogP contribution in [0, 0.1) is 5.82 Å². The maximum Gasteiger partial charge on any atom is 0.124 e. The zero-order valence-electron chi connectivity index (χ0n) is 12.8. The summed E-state index contributed by atoms with van der Waals surface area (Å²) in [5.74, 6) is 0.0592. The van der Waals surface area contributed by atoms with E-state index in [0.717, 1.165) is 54.6 Å². The van der Waals surface area contributed by atoms with Crippen molar-refractivity contribution in [3.63, 3.8) is 0 Å². The number of hydrogen-bond acceptors (Lipinski definition) is 2. The van der Waals surface area contributed by atoms with E-state index in [4.69, 9.17) is 0 Å². The van der Waals surface area contributed by atoms with Gasteiger partial charge in [0.05, 0.1) is 0 Å². The van der Waals surface area contributed by atoms with Crippen LogP contribution in [0.25, 0.3) is 11.1 Å². The maximum atomic E-state index is 14.1. The number of hydrogen-bond donors (Lipinski definition) is 1. The summed E-state index contributed by atoms with van der Waals surface area (Å²) in [6.07, 6.45) is 2.91. The van der Waals surface area contributed by atoms with Crippen molar-refractivity contribution in [3.8, 4) is 16.9 Å². The molecule has 0 amide bonds. The van der Waals surface area contributed by atoms with Gasteiger partial charge in [0, 0.05) is 18.2 Å². The Morgan fingerprint density at radius 3 is 2.95 bits per heavy atom. The zero-order chi connectivity index (χ0) is 15.3. The largest absolute Gasteiger partial charge is 0.507 e. The van der Waals surface area contributed by atoms with Gasteiger partial charge in [-0.05, 0) is 66.3 Å². The molecule has 0 saturated carbocycles. The van der Waals surface area contributed by atoms with Gasteiger partial charge < -0.3 is 5.11 Å². The van der Waals surface area contributed by atoms with E-state index < -0.39 is 0 Å². The summed E-state index contributed by atoms with van der Waals surface area (Å²) in [6.45, 7) is 4.25. The lowest BCUT2D eigenvalue weighted by atomic mass is 9.76. The Kier molecular flexibility index (Phi) is 3.19. The molecular weight excluding hydrogens is 277 g/mol. The summed E-state index contributed by atoms with van der Waals surface area (Å²) in [7, 11) is 0. The molecule has 0 radical (unpaired) electrons. The number of benzene rings is 2. The van der Waals surface area contributed by atoms with Crippen molar-refractivity contribution < 1.29 is 9.50 Å². The predicted molar refractivity (Wildman–Crippen MR) is 85.5 cm³/mol. The third-order valence-electron chi connectivity index (χ3n) is 4.99. The van der Waals surface area contributed by atoms with Crippen molar-refractivity contribution in [3.05, 3.63) is 52.8 Å². The Bertz CT molecular complexity index is 740. The SMILES string of the molecule is CCCN1CCc2cc(F)cc3c2[C@H]1Cc1cccc(O)c1-3. The van der Waals surface area contributed by atoms with Crippen LogP contribution in [0.5, 0.6) is 5.75 Å². The van der Waals surface area contributed by atoms with E-state index in [1.54, 1.807) is 18.2 Å². The molecule has 2 nitrogen and oxygen atoms in total. The molecule has 114 valence electrons. The van der Waals surface area contributed by atoms with Crippen LogP contribution < -0.4 is 0 Å². The number of phenolic OH excluding ortho intramolecular Hbond substituents is 1. The Labute approximate surface area is 130 Å². The van der Waals surface area contributed by atoms with Gasteiger partial charge in [-0.25, -0.2) is 4.39 Å². The minimum absolute atomic E-state index is 0.201. The molecule has 1 N–H and O–H groups in total. The molecule has 0 spiro atoms. The van der Waals surface area contributed by atoms with E-state index in [1.165, 1.54) is 5.56 Å². The van der Waals surface area contributed by atoms with Crippen LogP contribution in [0.2, 0.25) is 0 Å². The quantitative estimate of drug-likeness (QED) is 0.903. The summed E-state index contributed by atoms with van der Waals surface area (Å²) in [6, 6.07) is 9.23. The fourth-order valence-electron chi connectivity index (χ4n) is 4.15. The summed E-state index contributed by atoms with van der Waals surface area (Å²) < 4.78 is 14.1. The van der Waals surface area contributed by atoms with Gasteiger partial charge >= 0.3 is 0 Å². The first kappa shape index (κ1) is 13.8. The van der Waals surface area contributed by atoms with Crippen molar-refractivity contribution in [2.45, 2.75) is 32.2 Å². The van der Waals surface area contributed by atoms with Gasteiger partial charge in [0.2, 0.25) is 0 Å². The first-order chi connectivity index (χ1) is 10.7. The average molecular weight is 297 g/mol. The predicted octanol–water partition coefficient (Wildman–Crippen LogP) is 4.06. The lowest BCUT2D eigenvalue weighted by molar-refractivity contribution is 0.182. The molecular formula is C19H20FNO. The molecule has 4 rings (SSSR count). The fraction of sp³-hybridized carbons (Fsp3) is 0.368. The van der Waals surface area contributed by atoms with E-state index in [0.29, 0.717) is 6.04 Å². The van der Waals surface area contributed by atoms with Crippen molar-refractivity contribution in [1.29, 1.82) is 0 Å². The number of aromatic hydroxyl groups is 1. The molecule has 22 heavy (non-hydrogen) atoms. The standard InChI is InChI=1S/C19H20FNO/c1-2-7-21-8-6-13-9-14(20)11-15-18(13)16(21)10-12-4-3-5-17(22)19(12)15/h3-5,9,11,16,22H,2,6-8,10H2,1H3/t16-/m1/s1. The number of rotatable bonds is 2. The maximum absolute atomic E-state index is 14.1. The molecule has 1 aliphatic heterocycles. The Morgan fingerprint density at radius 1 is 1.27 bits per heavy atom. The molecule has 2 aliphatic rings. The number of halogens is 1. The summed E-state index contributed by atoms with van der Waals surface area (Å²) in [5, 5.41) is 10.3. The van der Waals surface area contributed by atoms with Crippen LogP contribution in [0.1, 0.15) is 36.1 Å². The van der Waals surface area contributed by atoms with Crippen LogP contribution in [-0.2, 0) is 12.8 Å². The monoisotopic (exact) mass is 297 g/mol. The number of nitrogens with zero attached hydrogens (tertiary/aromatic N) is 1. The van der Waals surface area contributed by atoms with Crippen LogP contribution >= 0.6 is 0 Å². The van der Waals surface area contributed by atoms with E-state index >= 15 is 0 Å². The second kappa shape index (κ2) is 5.10. The number of phenols is 1. The molecule has 1 atom stereocenters. The van der Waals surface area contributed by atoms with Gasteiger partial charge in [-0.15, -0.1) is 0 Å². The van der Waals surface area contributed by atoms with Crippen LogP contribution in [0.4, 0.5) is 4.39 Å².